The summed E-state index contributed by atoms with van der Waals surface area (Å²) in [5.41, 5.74) is 0. The molecule has 0 aliphatic heterocycles. The van der Waals surface area contributed by atoms with E-state index in [1.165, 1.54) is 0 Å². The van der Waals surface area contributed by atoms with E-state index in [1.54, 1.807) is 0 Å². The van der Waals surface area contributed by atoms with Crippen molar-refractivity contribution >= 4 is 8.56 Å². The highest BCUT2D eigenvalue weighted by Gasteiger charge is 2.27. The molecule has 0 aromatic rings. The van der Waals surface area contributed by atoms with Crippen molar-refractivity contribution in [3.05, 3.63) is 0 Å². The van der Waals surface area contributed by atoms with Crippen LogP contribution in [0.1, 0.15) is 20.8 Å². The molecular formula is C7H20O3Si. The van der Waals surface area contributed by atoms with Gasteiger partial charge in [0.05, 0.1) is 0 Å². The minimum Gasteiger partial charge on any atom is -0.412 e. The molecule has 4 heteroatoms. The molecule has 0 saturated heterocycles. The number of hydrogen-bond acceptors (Lipinski definition) is 2. The largest absolute Gasteiger partial charge is 0.412 e. The average Bonchev–Trinajstić information content (AvgIpc) is 1.89. The van der Waals surface area contributed by atoms with E-state index in [4.69, 9.17) is 8.85 Å². The molecule has 0 atom stereocenters. The molecule has 0 aromatic heterocycles. The third-order valence-corrected chi connectivity index (χ3v) is 4.62. The summed E-state index contributed by atoms with van der Waals surface area (Å²) in [5.74, 6) is 0. The van der Waals surface area contributed by atoms with E-state index in [1.807, 2.05) is 13.8 Å². The predicted octanol–water partition coefficient (Wildman–Crippen LogP) is 1.33. The molecule has 70 valence electrons. The Balaban J connectivity index is 0. The van der Waals surface area contributed by atoms with Crippen molar-refractivity contribution in [2.75, 3.05) is 13.2 Å². The van der Waals surface area contributed by atoms with Crippen molar-refractivity contribution in [2.45, 2.75) is 33.4 Å². The molecule has 0 unspecified atom stereocenters. The highest BCUT2D eigenvalue weighted by atomic mass is 28.4. The van der Waals surface area contributed by atoms with Crippen LogP contribution >= 0.6 is 0 Å². The molecule has 0 rings (SSSR count). The Bertz CT molecular complexity index is 81.8. The third-order valence-electron chi connectivity index (χ3n) is 1.54. The zero-order valence-corrected chi connectivity index (χ0v) is 8.94. The van der Waals surface area contributed by atoms with Gasteiger partial charge in [-0.3, -0.25) is 0 Å². The van der Waals surface area contributed by atoms with Gasteiger partial charge in [-0.05, 0) is 26.4 Å². The summed E-state index contributed by atoms with van der Waals surface area (Å²) in [7, 11) is -1.72. The molecule has 0 saturated carbocycles. The quantitative estimate of drug-likeness (QED) is 0.599. The molecule has 0 aliphatic carbocycles. The van der Waals surface area contributed by atoms with Crippen molar-refractivity contribution in [1.82, 2.24) is 0 Å². The normalized spacial score (nSPS) is 10.9. The fraction of sp³-hybridized carbons (Fsp3) is 1.00. The van der Waals surface area contributed by atoms with Crippen LogP contribution < -0.4 is 0 Å². The number of hydrogen-bond donors (Lipinski definition) is 0. The summed E-state index contributed by atoms with van der Waals surface area (Å²) in [5, 5.41) is 0. The van der Waals surface area contributed by atoms with Gasteiger partial charge in [0.15, 0.2) is 0 Å². The van der Waals surface area contributed by atoms with Gasteiger partial charge in [0.1, 0.15) is 0 Å². The first-order valence-electron chi connectivity index (χ1n) is 3.96. The second-order valence-corrected chi connectivity index (χ2v) is 5.91. The fourth-order valence-corrected chi connectivity index (χ4v) is 2.57. The van der Waals surface area contributed by atoms with E-state index in [0.29, 0.717) is 0 Å². The zero-order chi connectivity index (χ0) is 8.04. The van der Waals surface area contributed by atoms with Crippen LogP contribution in [0.25, 0.3) is 0 Å². The third kappa shape index (κ3) is 5.38. The van der Waals surface area contributed by atoms with E-state index in [0.717, 1.165) is 19.3 Å². The zero-order valence-electron chi connectivity index (χ0n) is 7.94. The maximum atomic E-state index is 5.54. The SMILES string of the molecule is CCO[Si](C)(CC)OCC.O. The molecule has 0 fully saturated rings. The average molecular weight is 180 g/mol. The Labute approximate surface area is 70.3 Å². The second-order valence-electron chi connectivity index (χ2n) is 2.35. The van der Waals surface area contributed by atoms with Gasteiger partial charge in [-0.2, -0.15) is 0 Å². The van der Waals surface area contributed by atoms with Crippen LogP contribution in [0.5, 0.6) is 0 Å². The van der Waals surface area contributed by atoms with Crippen LogP contribution in [0, 0.1) is 0 Å². The van der Waals surface area contributed by atoms with E-state index in [9.17, 15) is 0 Å². The van der Waals surface area contributed by atoms with E-state index in [2.05, 4.69) is 13.5 Å². The minimum atomic E-state index is -1.72. The summed E-state index contributed by atoms with van der Waals surface area (Å²) < 4.78 is 11.1. The van der Waals surface area contributed by atoms with Gasteiger partial charge in [0, 0.05) is 13.2 Å². The van der Waals surface area contributed by atoms with Gasteiger partial charge < -0.3 is 14.3 Å². The van der Waals surface area contributed by atoms with E-state index >= 15 is 0 Å². The van der Waals surface area contributed by atoms with Crippen LogP contribution in [-0.4, -0.2) is 27.3 Å². The smallest absolute Gasteiger partial charge is 0.334 e. The Morgan fingerprint density at radius 2 is 1.36 bits per heavy atom. The molecule has 0 spiro atoms. The summed E-state index contributed by atoms with van der Waals surface area (Å²) >= 11 is 0. The van der Waals surface area contributed by atoms with Gasteiger partial charge >= 0.3 is 8.56 Å². The minimum absolute atomic E-state index is 0. The van der Waals surface area contributed by atoms with Gasteiger partial charge in [-0.15, -0.1) is 0 Å². The van der Waals surface area contributed by atoms with Gasteiger partial charge in [0.2, 0.25) is 0 Å². The van der Waals surface area contributed by atoms with E-state index in [-0.39, 0.29) is 5.48 Å². The molecule has 0 aromatic carbocycles. The maximum absolute atomic E-state index is 5.54. The monoisotopic (exact) mass is 180 g/mol. The molecule has 0 heterocycles. The summed E-state index contributed by atoms with van der Waals surface area (Å²) in [6.07, 6.45) is 0. The first-order chi connectivity index (χ1) is 4.68. The molecule has 3 nitrogen and oxygen atoms in total. The predicted molar refractivity (Wildman–Crippen MR) is 49.0 cm³/mol. The molecule has 2 N–H and O–H groups in total. The van der Waals surface area contributed by atoms with Crippen LogP contribution in [0.15, 0.2) is 0 Å². The Hall–Kier alpha value is 0.0969. The summed E-state index contributed by atoms with van der Waals surface area (Å²) in [6, 6.07) is 1.04. The molecule has 0 bridgehead atoms. The van der Waals surface area contributed by atoms with Gasteiger partial charge in [0.25, 0.3) is 0 Å². The Kier molecular flexibility index (Phi) is 8.43. The maximum Gasteiger partial charge on any atom is 0.334 e. The lowest BCUT2D eigenvalue weighted by Crippen LogP contribution is -2.37. The van der Waals surface area contributed by atoms with Crippen LogP contribution in [0.3, 0.4) is 0 Å². The Morgan fingerprint density at radius 1 is 1.00 bits per heavy atom. The molecular weight excluding hydrogens is 160 g/mol. The standard InChI is InChI=1S/C7H18O2Si.H2O/c1-5-8-10(4,7-3)9-6-2;/h5-7H2,1-4H3;1H2. The van der Waals surface area contributed by atoms with Crippen LogP contribution in [0.4, 0.5) is 0 Å². The van der Waals surface area contributed by atoms with Crippen molar-refractivity contribution in [1.29, 1.82) is 0 Å². The highest BCUT2D eigenvalue weighted by molar-refractivity contribution is 6.65. The van der Waals surface area contributed by atoms with Crippen LogP contribution in [0.2, 0.25) is 12.6 Å². The van der Waals surface area contributed by atoms with Crippen molar-refractivity contribution in [3.63, 3.8) is 0 Å². The lowest BCUT2D eigenvalue weighted by atomic mass is 10.9. The first-order valence-corrected chi connectivity index (χ1v) is 6.48. The van der Waals surface area contributed by atoms with Gasteiger partial charge in [-0.1, -0.05) is 6.92 Å². The summed E-state index contributed by atoms with van der Waals surface area (Å²) in [4.78, 5) is 0. The van der Waals surface area contributed by atoms with Crippen molar-refractivity contribution in [3.8, 4) is 0 Å². The topological polar surface area (TPSA) is 50.0 Å². The number of rotatable bonds is 5. The van der Waals surface area contributed by atoms with Crippen LogP contribution in [-0.2, 0) is 8.85 Å². The van der Waals surface area contributed by atoms with Crippen molar-refractivity contribution < 1.29 is 14.3 Å². The molecule has 11 heavy (non-hydrogen) atoms. The van der Waals surface area contributed by atoms with Gasteiger partial charge in [-0.25, -0.2) is 0 Å². The molecule has 0 radical (unpaired) electrons. The lowest BCUT2D eigenvalue weighted by Gasteiger charge is -2.23. The lowest BCUT2D eigenvalue weighted by molar-refractivity contribution is 0.190. The second kappa shape index (κ2) is 6.79. The Morgan fingerprint density at radius 3 is 1.55 bits per heavy atom. The first kappa shape index (κ1) is 13.7. The fourth-order valence-electron chi connectivity index (χ4n) is 0.856. The molecule has 0 amide bonds. The highest BCUT2D eigenvalue weighted by Crippen LogP contribution is 2.11. The molecule has 0 aliphatic rings. The van der Waals surface area contributed by atoms with E-state index < -0.39 is 8.56 Å². The van der Waals surface area contributed by atoms with Crippen molar-refractivity contribution in [2.24, 2.45) is 0 Å². The summed E-state index contributed by atoms with van der Waals surface area (Å²) in [6.45, 7) is 9.81.